The zero-order chi connectivity index (χ0) is 9.97. The summed E-state index contributed by atoms with van der Waals surface area (Å²) in [6.07, 6.45) is 4.65. The third kappa shape index (κ3) is 1.75. The summed E-state index contributed by atoms with van der Waals surface area (Å²) in [7, 11) is 0. The molecule has 0 saturated heterocycles. The van der Waals surface area contributed by atoms with Gasteiger partial charge in [0, 0.05) is 12.0 Å². The molecule has 1 aromatic carbocycles. The molecule has 1 saturated carbocycles. The largest absolute Gasteiger partial charge is 0.508 e. The van der Waals surface area contributed by atoms with E-state index in [1.165, 1.54) is 12.8 Å². The number of nitrogens with two attached hydrogens (primary N) is 1. The lowest BCUT2D eigenvalue weighted by Crippen LogP contribution is -2.31. The van der Waals surface area contributed by atoms with Crippen molar-refractivity contribution in [2.45, 2.75) is 37.6 Å². The smallest absolute Gasteiger partial charge is 0.119 e. The minimum absolute atomic E-state index is 0.219. The third-order valence-corrected chi connectivity index (χ3v) is 3.16. The summed E-state index contributed by atoms with van der Waals surface area (Å²) >= 11 is 0. The van der Waals surface area contributed by atoms with Gasteiger partial charge in [-0.1, -0.05) is 31.0 Å². The number of hydrogen-bond donors (Lipinski definition) is 2. The molecule has 0 radical (unpaired) electrons. The van der Waals surface area contributed by atoms with Crippen molar-refractivity contribution >= 4 is 0 Å². The zero-order valence-corrected chi connectivity index (χ0v) is 8.32. The van der Waals surface area contributed by atoms with Crippen LogP contribution in [0.25, 0.3) is 0 Å². The van der Waals surface area contributed by atoms with Crippen LogP contribution < -0.4 is 5.73 Å². The van der Waals surface area contributed by atoms with Crippen molar-refractivity contribution in [1.82, 2.24) is 0 Å². The molecule has 14 heavy (non-hydrogen) atoms. The maximum Gasteiger partial charge on any atom is 0.119 e. The van der Waals surface area contributed by atoms with Crippen LogP contribution in [0.3, 0.4) is 0 Å². The fourth-order valence-corrected chi connectivity index (χ4v) is 2.35. The number of benzene rings is 1. The van der Waals surface area contributed by atoms with Gasteiger partial charge in [-0.15, -0.1) is 0 Å². The highest BCUT2D eigenvalue weighted by Gasteiger charge is 2.24. The van der Waals surface area contributed by atoms with Crippen LogP contribution in [0.2, 0.25) is 0 Å². The van der Waals surface area contributed by atoms with Gasteiger partial charge in [-0.05, 0) is 24.5 Å². The highest BCUT2D eigenvalue weighted by Crippen LogP contribution is 2.35. The van der Waals surface area contributed by atoms with Gasteiger partial charge >= 0.3 is 0 Å². The average Bonchev–Trinajstić information content (AvgIpc) is 2.20. The summed E-state index contributed by atoms with van der Waals surface area (Å²) in [4.78, 5) is 0. The highest BCUT2D eigenvalue weighted by atomic mass is 16.3. The van der Waals surface area contributed by atoms with Crippen LogP contribution in [0.1, 0.15) is 37.2 Å². The predicted molar refractivity (Wildman–Crippen MR) is 57.3 cm³/mol. The highest BCUT2D eigenvalue weighted by molar-refractivity contribution is 5.36. The number of aromatic hydroxyl groups is 1. The Morgan fingerprint density at radius 2 is 1.86 bits per heavy atom. The molecule has 0 aromatic heterocycles. The van der Waals surface area contributed by atoms with E-state index in [1.807, 2.05) is 18.2 Å². The third-order valence-electron chi connectivity index (χ3n) is 3.16. The molecule has 1 aliphatic rings. The first-order valence-corrected chi connectivity index (χ1v) is 5.32. The first kappa shape index (κ1) is 9.53. The molecule has 0 unspecified atom stereocenters. The van der Waals surface area contributed by atoms with Gasteiger partial charge in [0.1, 0.15) is 5.75 Å². The lowest BCUT2D eigenvalue weighted by Gasteiger charge is -2.29. The Kier molecular flexibility index (Phi) is 2.73. The van der Waals surface area contributed by atoms with E-state index in [1.54, 1.807) is 6.07 Å². The van der Waals surface area contributed by atoms with Crippen molar-refractivity contribution < 1.29 is 5.11 Å². The topological polar surface area (TPSA) is 46.2 Å². The fraction of sp³-hybridized carbons (Fsp3) is 0.500. The molecule has 0 bridgehead atoms. The molecule has 3 N–H and O–H groups in total. The summed E-state index contributed by atoms with van der Waals surface area (Å²) in [6, 6.07) is 7.78. The molecule has 1 aliphatic carbocycles. The van der Waals surface area contributed by atoms with Crippen LogP contribution in [-0.2, 0) is 0 Å². The number of phenols is 1. The van der Waals surface area contributed by atoms with Crippen LogP contribution in [0.5, 0.6) is 5.75 Å². The molecule has 0 aliphatic heterocycles. The minimum Gasteiger partial charge on any atom is -0.508 e. The van der Waals surface area contributed by atoms with Crippen molar-refractivity contribution in [3.63, 3.8) is 0 Å². The summed E-state index contributed by atoms with van der Waals surface area (Å²) in [5.74, 6) is 0.750. The van der Waals surface area contributed by atoms with Crippen molar-refractivity contribution in [3.8, 4) is 5.75 Å². The van der Waals surface area contributed by atoms with Crippen LogP contribution in [0.15, 0.2) is 24.3 Å². The number of para-hydroxylation sites is 1. The second kappa shape index (κ2) is 4.01. The Morgan fingerprint density at radius 3 is 2.57 bits per heavy atom. The van der Waals surface area contributed by atoms with Crippen LogP contribution >= 0.6 is 0 Å². The Labute approximate surface area is 84.7 Å². The van der Waals surface area contributed by atoms with E-state index in [0.717, 1.165) is 18.4 Å². The van der Waals surface area contributed by atoms with Crippen molar-refractivity contribution in [2.24, 2.45) is 5.73 Å². The number of rotatable bonds is 1. The minimum atomic E-state index is 0.219. The Bertz CT molecular complexity index is 311. The van der Waals surface area contributed by atoms with Crippen molar-refractivity contribution in [1.29, 1.82) is 0 Å². The van der Waals surface area contributed by atoms with Gasteiger partial charge in [0.15, 0.2) is 0 Å². The predicted octanol–water partition coefficient (Wildman–Crippen LogP) is 2.38. The zero-order valence-electron chi connectivity index (χ0n) is 8.32. The standard InChI is InChI=1S/C12H17NO/c13-11-7-3-1-5-9(11)10-6-2-4-8-12(10)14/h2,4,6,8-9,11,14H,1,3,5,7,13H2/t9-,11+/m1/s1. The average molecular weight is 191 g/mol. The summed E-state index contributed by atoms with van der Waals surface area (Å²) in [5, 5.41) is 9.72. The summed E-state index contributed by atoms with van der Waals surface area (Å²) in [5.41, 5.74) is 7.10. The first-order chi connectivity index (χ1) is 6.79. The number of phenolic OH excluding ortho intramolecular Hbond substituents is 1. The van der Waals surface area contributed by atoms with Gasteiger partial charge in [-0.3, -0.25) is 0 Å². The van der Waals surface area contributed by atoms with Crippen molar-refractivity contribution in [2.75, 3.05) is 0 Å². The van der Waals surface area contributed by atoms with Gasteiger partial charge in [-0.25, -0.2) is 0 Å². The molecular formula is C12H17NO. The van der Waals surface area contributed by atoms with Gasteiger partial charge in [-0.2, -0.15) is 0 Å². The van der Waals surface area contributed by atoms with Gasteiger partial charge in [0.2, 0.25) is 0 Å². The monoisotopic (exact) mass is 191 g/mol. The molecule has 2 rings (SSSR count). The second-order valence-electron chi connectivity index (χ2n) is 4.11. The molecule has 0 amide bonds. The van der Waals surface area contributed by atoms with Crippen LogP contribution in [-0.4, -0.2) is 11.1 Å². The molecular weight excluding hydrogens is 174 g/mol. The van der Waals surface area contributed by atoms with E-state index in [9.17, 15) is 5.11 Å². The van der Waals surface area contributed by atoms with E-state index in [-0.39, 0.29) is 6.04 Å². The van der Waals surface area contributed by atoms with E-state index in [2.05, 4.69) is 0 Å². The van der Waals surface area contributed by atoms with Gasteiger partial charge < -0.3 is 10.8 Å². The number of hydrogen-bond acceptors (Lipinski definition) is 2. The Morgan fingerprint density at radius 1 is 1.14 bits per heavy atom. The molecule has 2 atom stereocenters. The normalized spacial score (nSPS) is 27.5. The van der Waals surface area contributed by atoms with E-state index in [4.69, 9.17) is 5.73 Å². The lowest BCUT2D eigenvalue weighted by molar-refractivity contribution is 0.371. The molecule has 0 heterocycles. The van der Waals surface area contributed by atoms with Crippen LogP contribution in [0.4, 0.5) is 0 Å². The fourth-order valence-electron chi connectivity index (χ4n) is 2.35. The second-order valence-corrected chi connectivity index (χ2v) is 4.11. The summed E-state index contributed by atoms with van der Waals surface area (Å²) in [6.45, 7) is 0. The van der Waals surface area contributed by atoms with E-state index in [0.29, 0.717) is 11.7 Å². The maximum absolute atomic E-state index is 9.72. The summed E-state index contributed by atoms with van der Waals surface area (Å²) < 4.78 is 0. The Hall–Kier alpha value is -1.02. The Balaban J connectivity index is 2.25. The molecule has 76 valence electrons. The molecule has 2 heteroatoms. The van der Waals surface area contributed by atoms with E-state index < -0.39 is 0 Å². The quantitative estimate of drug-likeness (QED) is 0.716. The van der Waals surface area contributed by atoms with Gasteiger partial charge in [0.05, 0.1) is 0 Å². The van der Waals surface area contributed by atoms with Gasteiger partial charge in [0.25, 0.3) is 0 Å². The molecule has 2 nitrogen and oxygen atoms in total. The van der Waals surface area contributed by atoms with Crippen LogP contribution in [0, 0.1) is 0 Å². The molecule has 0 spiro atoms. The maximum atomic E-state index is 9.72. The molecule has 1 fully saturated rings. The molecule has 1 aromatic rings. The lowest BCUT2D eigenvalue weighted by atomic mass is 9.80. The van der Waals surface area contributed by atoms with Crippen molar-refractivity contribution in [3.05, 3.63) is 29.8 Å². The van der Waals surface area contributed by atoms with E-state index >= 15 is 0 Å². The SMILES string of the molecule is N[C@H]1CCCC[C@@H]1c1ccccc1O. The first-order valence-electron chi connectivity index (χ1n) is 5.32.